The molecule has 3 fully saturated rings. The molecule has 1 saturated carbocycles. The van der Waals surface area contributed by atoms with Crippen LogP contribution in [0.15, 0.2) is 12.4 Å². The first-order valence-electron chi connectivity index (χ1n) is 11.8. The van der Waals surface area contributed by atoms with Crippen LogP contribution in [-0.2, 0) is 14.8 Å². The van der Waals surface area contributed by atoms with E-state index >= 15 is 0 Å². The third kappa shape index (κ3) is 6.79. The number of aromatic nitrogens is 2. The molecule has 7 nitrogen and oxygen atoms in total. The van der Waals surface area contributed by atoms with Crippen molar-refractivity contribution in [1.29, 1.82) is 0 Å². The van der Waals surface area contributed by atoms with Crippen LogP contribution < -0.4 is 4.90 Å². The molecule has 1 unspecified atom stereocenters. The minimum Gasteiger partial charge on any atom is -0.377 e. The summed E-state index contributed by atoms with van der Waals surface area (Å²) in [7, 11) is -3.88. The molecule has 11 heteroatoms. The smallest absolute Gasteiger partial charge is 0.377 e. The topological polar surface area (TPSA) is 75.6 Å². The summed E-state index contributed by atoms with van der Waals surface area (Å²) < 4.78 is 68.4. The lowest BCUT2D eigenvalue weighted by Crippen LogP contribution is -2.35. The van der Waals surface area contributed by atoms with Gasteiger partial charge in [0.25, 0.3) is 0 Å². The van der Waals surface area contributed by atoms with Crippen LogP contribution in [0.25, 0.3) is 0 Å². The second kappa shape index (κ2) is 10.0. The van der Waals surface area contributed by atoms with Crippen molar-refractivity contribution in [3.63, 3.8) is 0 Å². The van der Waals surface area contributed by atoms with Crippen molar-refractivity contribution in [2.24, 2.45) is 17.8 Å². The largest absolute Gasteiger partial charge is 0.390 e. The number of sulfonamides is 1. The number of rotatable bonds is 9. The third-order valence-electron chi connectivity index (χ3n) is 7.16. The molecular weight excluding hydrogens is 457 g/mol. The van der Waals surface area contributed by atoms with Gasteiger partial charge in [-0.05, 0) is 62.3 Å². The van der Waals surface area contributed by atoms with Crippen LogP contribution in [0, 0.1) is 24.7 Å². The van der Waals surface area contributed by atoms with E-state index in [1.165, 1.54) is 6.42 Å². The van der Waals surface area contributed by atoms with Gasteiger partial charge < -0.3 is 9.64 Å². The van der Waals surface area contributed by atoms with E-state index in [1.807, 2.05) is 19.3 Å². The van der Waals surface area contributed by atoms with Gasteiger partial charge in [-0.15, -0.1) is 0 Å². The Morgan fingerprint density at radius 1 is 1.12 bits per heavy atom. The molecule has 0 radical (unpaired) electrons. The molecule has 0 bridgehead atoms. The number of piperidine rings is 1. The van der Waals surface area contributed by atoms with E-state index in [1.54, 1.807) is 0 Å². The minimum absolute atomic E-state index is 0.161. The molecule has 0 aromatic carbocycles. The highest BCUT2D eigenvalue weighted by molar-refractivity contribution is 7.89. The lowest BCUT2D eigenvalue weighted by atomic mass is 9.90. The molecule has 1 aliphatic carbocycles. The molecule has 2 aliphatic heterocycles. The monoisotopic (exact) mass is 490 g/mol. The SMILES string of the molecule is Cc1cnc(N2CCC(C3C[C@H]3CCO[C@H]3CCN(S(=O)(=O)CCC(F)(F)F)C3)CC2)nc1. The highest BCUT2D eigenvalue weighted by Gasteiger charge is 2.43. The summed E-state index contributed by atoms with van der Waals surface area (Å²) in [5, 5.41) is 0. The number of halogens is 3. The normalized spacial score (nSPS) is 27.3. The van der Waals surface area contributed by atoms with Crippen molar-refractivity contribution >= 4 is 16.0 Å². The van der Waals surface area contributed by atoms with Crippen LogP contribution in [-0.4, -0.2) is 73.5 Å². The number of ether oxygens (including phenoxy) is 1. The molecule has 0 N–H and O–H groups in total. The summed E-state index contributed by atoms with van der Waals surface area (Å²) in [6, 6.07) is 0. The van der Waals surface area contributed by atoms with Crippen LogP contribution in [0.4, 0.5) is 19.1 Å². The fraction of sp³-hybridized carbons (Fsp3) is 0.818. The third-order valence-corrected chi connectivity index (χ3v) is 9.00. The number of aryl methyl sites for hydroxylation is 1. The first kappa shape index (κ1) is 24.7. The Balaban J connectivity index is 1.12. The van der Waals surface area contributed by atoms with Crippen molar-refractivity contribution in [2.45, 2.75) is 57.7 Å². The summed E-state index contributed by atoms with van der Waals surface area (Å²) in [6.07, 6.45) is 2.73. The molecule has 3 atom stereocenters. The molecule has 1 aromatic rings. The number of anilines is 1. The van der Waals surface area contributed by atoms with Gasteiger partial charge >= 0.3 is 6.18 Å². The number of alkyl halides is 3. The van der Waals surface area contributed by atoms with Crippen LogP contribution in [0.3, 0.4) is 0 Å². The lowest BCUT2D eigenvalue weighted by Gasteiger charge is -2.32. The van der Waals surface area contributed by atoms with Crippen LogP contribution in [0.2, 0.25) is 0 Å². The maximum atomic E-state index is 12.4. The minimum atomic E-state index is -4.46. The molecular formula is C22H33F3N4O3S. The zero-order valence-electron chi connectivity index (χ0n) is 19.0. The summed E-state index contributed by atoms with van der Waals surface area (Å²) in [5.41, 5.74) is 1.06. The summed E-state index contributed by atoms with van der Waals surface area (Å²) >= 11 is 0. The first-order valence-corrected chi connectivity index (χ1v) is 13.4. The van der Waals surface area contributed by atoms with Gasteiger partial charge in [-0.1, -0.05) is 0 Å². The maximum Gasteiger partial charge on any atom is 0.390 e. The van der Waals surface area contributed by atoms with Gasteiger partial charge in [-0.25, -0.2) is 18.4 Å². The average molecular weight is 491 g/mol. The van der Waals surface area contributed by atoms with Gasteiger partial charge in [-0.3, -0.25) is 0 Å². The number of nitrogens with zero attached hydrogens (tertiary/aromatic N) is 4. The Kier molecular flexibility index (Phi) is 7.50. The van der Waals surface area contributed by atoms with Crippen molar-refractivity contribution in [1.82, 2.24) is 14.3 Å². The predicted octanol–water partition coefficient (Wildman–Crippen LogP) is 3.40. The van der Waals surface area contributed by atoms with Gasteiger partial charge in [0.2, 0.25) is 16.0 Å². The van der Waals surface area contributed by atoms with E-state index in [2.05, 4.69) is 14.9 Å². The average Bonchev–Trinajstić information content (AvgIpc) is 3.37. The highest BCUT2D eigenvalue weighted by Crippen LogP contribution is 2.50. The highest BCUT2D eigenvalue weighted by atomic mass is 32.2. The molecule has 1 aromatic heterocycles. The number of hydrogen-bond donors (Lipinski definition) is 0. The van der Waals surface area contributed by atoms with Crippen molar-refractivity contribution in [2.75, 3.05) is 43.4 Å². The molecule has 0 spiro atoms. The van der Waals surface area contributed by atoms with E-state index in [0.29, 0.717) is 18.9 Å². The standard InChI is InChI=1S/C22H33F3N4O3S/c1-16-13-26-21(27-14-16)28-7-2-17(3-8-28)20-12-18(20)5-10-32-19-4-9-29(15-19)33(30,31)11-6-22(23,24)25/h13-14,17-20H,2-12,15H2,1H3/t18-,19+,20?/m1/s1. The zero-order chi connectivity index (χ0) is 23.6. The Hall–Kier alpha value is -1.46. The van der Waals surface area contributed by atoms with E-state index < -0.39 is 28.4 Å². The fourth-order valence-corrected chi connectivity index (χ4v) is 6.63. The van der Waals surface area contributed by atoms with Crippen molar-refractivity contribution < 1.29 is 26.3 Å². The first-order chi connectivity index (χ1) is 15.6. The quantitative estimate of drug-likeness (QED) is 0.528. The van der Waals surface area contributed by atoms with Gasteiger partial charge in [-0.2, -0.15) is 17.5 Å². The Morgan fingerprint density at radius 3 is 2.48 bits per heavy atom. The second-order valence-electron chi connectivity index (χ2n) is 9.65. The van der Waals surface area contributed by atoms with Gasteiger partial charge in [0.15, 0.2) is 0 Å². The van der Waals surface area contributed by atoms with Gasteiger partial charge in [0.05, 0.1) is 18.3 Å². The molecule has 33 heavy (non-hydrogen) atoms. The van der Waals surface area contributed by atoms with Gasteiger partial charge in [0.1, 0.15) is 0 Å². The molecule has 4 rings (SSSR count). The summed E-state index contributed by atoms with van der Waals surface area (Å²) in [4.78, 5) is 11.1. The Morgan fingerprint density at radius 2 is 1.82 bits per heavy atom. The molecule has 3 aliphatic rings. The summed E-state index contributed by atoms with van der Waals surface area (Å²) in [5.74, 6) is 2.04. The predicted molar refractivity (Wildman–Crippen MR) is 118 cm³/mol. The van der Waals surface area contributed by atoms with E-state index in [4.69, 9.17) is 4.74 Å². The lowest BCUT2D eigenvalue weighted by molar-refractivity contribution is -0.130. The molecule has 0 amide bonds. The Bertz CT molecular complexity index is 889. The molecule has 186 valence electrons. The Labute approximate surface area is 193 Å². The molecule has 2 saturated heterocycles. The maximum absolute atomic E-state index is 12.4. The van der Waals surface area contributed by atoms with Crippen LogP contribution in [0.5, 0.6) is 0 Å². The number of hydrogen-bond acceptors (Lipinski definition) is 6. The van der Waals surface area contributed by atoms with E-state index in [0.717, 1.165) is 60.0 Å². The van der Waals surface area contributed by atoms with Gasteiger partial charge in [0, 0.05) is 45.2 Å². The zero-order valence-corrected chi connectivity index (χ0v) is 19.8. The fourth-order valence-electron chi connectivity index (χ4n) is 5.10. The van der Waals surface area contributed by atoms with Crippen molar-refractivity contribution in [3.05, 3.63) is 18.0 Å². The molecule has 3 heterocycles. The van der Waals surface area contributed by atoms with Crippen LogP contribution >= 0.6 is 0 Å². The van der Waals surface area contributed by atoms with Crippen molar-refractivity contribution in [3.8, 4) is 0 Å². The summed E-state index contributed by atoms with van der Waals surface area (Å²) in [6.45, 7) is 4.92. The van der Waals surface area contributed by atoms with E-state index in [-0.39, 0.29) is 19.2 Å². The second-order valence-corrected chi connectivity index (χ2v) is 11.7. The van der Waals surface area contributed by atoms with E-state index in [9.17, 15) is 21.6 Å². The van der Waals surface area contributed by atoms with Crippen LogP contribution in [0.1, 0.15) is 44.1 Å².